The highest BCUT2D eigenvalue weighted by atomic mass is 35.5. The lowest BCUT2D eigenvalue weighted by Crippen LogP contribution is -2.34. The van der Waals surface area contributed by atoms with E-state index in [4.69, 9.17) is 16.3 Å². The van der Waals surface area contributed by atoms with Crippen molar-refractivity contribution in [3.8, 4) is 5.75 Å². The lowest BCUT2D eigenvalue weighted by atomic mass is 10.1. The molecule has 1 fully saturated rings. The molecule has 2 aromatic rings. The number of rotatable bonds is 5. The van der Waals surface area contributed by atoms with Crippen molar-refractivity contribution in [2.45, 2.75) is 58.2 Å². The monoisotopic (exact) mass is 361 g/mol. The van der Waals surface area contributed by atoms with Crippen LogP contribution in [0.3, 0.4) is 0 Å². The molecule has 1 amide bonds. The zero-order valence-electron chi connectivity index (χ0n) is 14.5. The van der Waals surface area contributed by atoms with Crippen LogP contribution in [0.1, 0.15) is 54.6 Å². The summed E-state index contributed by atoms with van der Waals surface area (Å²) in [6.45, 7) is 2.18. The Hall–Kier alpha value is -2.01. The molecule has 1 saturated carbocycles. The topological polar surface area (TPSA) is 56.1 Å². The van der Waals surface area contributed by atoms with Crippen LogP contribution >= 0.6 is 11.6 Å². The molecule has 1 aliphatic rings. The molecule has 0 bridgehead atoms. The summed E-state index contributed by atoms with van der Waals surface area (Å²) < 4.78 is 7.31. The largest absolute Gasteiger partial charge is 0.471 e. The molecule has 0 atom stereocenters. The fourth-order valence-electron chi connectivity index (χ4n) is 3.09. The standard InChI is InChI=1S/C19H24ClN3O2/c1-14-12-16(8-9-17(14)20)25-13-23-11-10-18(22-23)19(24)21-15-6-4-2-3-5-7-15/h8-12,15H,2-7,13H2,1H3,(H,21,24). The van der Waals surface area contributed by atoms with E-state index in [9.17, 15) is 4.79 Å². The number of benzene rings is 1. The van der Waals surface area contributed by atoms with Gasteiger partial charge in [-0.05, 0) is 49.6 Å². The number of hydrogen-bond acceptors (Lipinski definition) is 3. The van der Waals surface area contributed by atoms with Crippen LogP contribution < -0.4 is 10.1 Å². The zero-order valence-corrected chi connectivity index (χ0v) is 15.3. The van der Waals surface area contributed by atoms with E-state index in [-0.39, 0.29) is 18.7 Å². The van der Waals surface area contributed by atoms with Gasteiger partial charge in [0.1, 0.15) is 11.4 Å². The van der Waals surface area contributed by atoms with Crippen LogP contribution in [-0.4, -0.2) is 21.7 Å². The third kappa shape index (κ3) is 4.98. The number of nitrogens with one attached hydrogen (secondary N) is 1. The van der Waals surface area contributed by atoms with Gasteiger partial charge in [0, 0.05) is 17.3 Å². The van der Waals surface area contributed by atoms with Crippen LogP contribution in [0.15, 0.2) is 30.5 Å². The molecule has 25 heavy (non-hydrogen) atoms. The molecule has 1 aromatic heterocycles. The lowest BCUT2D eigenvalue weighted by Gasteiger charge is -2.15. The number of aryl methyl sites for hydroxylation is 1. The molecular weight excluding hydrogens is 338 g/mol. The minimum atomic E-state index is -0.104. The number of carbonyl (C=O) groups excluding carboxylic acids is 1. The Morgan fingerprint density at radius 1 is 1.28 bits per heavy atom. The Kier molecular flexibility index (Phi) is 5.97. The Morgan fingerprint density at radius 2 is 2.04 bits per heavy atom. The van der Waals surface area contributed by atoms with Crippen molar-refractivity contribution < 1.29 is 9.53 Å². The molecule has 0 aliphatic heterocycles. The normalized spacial score (nSPS) is 15.6. The van der Waals surface area contributed by atoms with E-state index >= 15 is 0 Å². The van der Waals surface area contributed by atoms with Crippen molar-refractivity contribution in [3.05, 3.63) is 46.7 Å². The predicted molar refractivity (Wildman–Crippen MR) is 98.0 cm³/mol. The minimum absolute atomic E-state index is 0.104. The van der Waals surface area contributed by atoms with Crippen LogP contribution in [0, 0.1) is 6.92 Å². The first-order chi connectivity index (χ1) is 12.1. The smallest absolute Gasteiger partial charge is 0.271 e. The van der Waals surface area contributed by atoms with E-state index in [0.717, 1.165) is 24.2 Å². The molecule has 1 heterocycles. The van der Waals surface area contributed by atoms with E-state index in [0.29, 0.717) is 10.7 Å². The van der Waals surface area contributed by atoms with Gasteiger partial charge in [-0.3, -0.25) is 4.79 Å². The van der Waals surface area contributed by atoms with Crippen LogP contribution in [-0.2, 0) is 6.73 Å². The third-order valence-corrected chi connectivity index (χ3v) is 4.98. The van der Waals surface area contributed by atoms with Gasteiger partial charge in [-0.15, -0.1) is 0 Å². The summed E-state index contributed by atoms with van der Waals surface area (Å²) in [6.07, 6.45) is 8.79. The molecule has 0 saturated heterocycles. The second-order valence-electron chi connectivity index (χ2n) is 6.59. The van der Waals surface area contributed by atoms with Crippen molar-refractivity contribution in [2.24, 2.45) is 0 Å². The van der Waals surface area contributed by atoms with E-state index in [2.05, 4.69) is 10.4 Å². The number of ether oxygens (including phenoxy) is 1. The summed E-state index contributed by atoms with van der Waals surface area (Å²) in [4.78, 5) is 12.4. The summed E-state index contributed by atoms with van der Waals surface area (Å²) >= 11 is 6.01. The summed E-state index contributed by atoms with van der Waals surface area (Å²) in [5.41, 5.74) is 1.39. The maximum Gasteiger partial charge on any atom is 0.271 e. The Balaban J connectivity index is 1.54. The molecule has 3 rings (SSSR count). The maximum absolute atomic E-state index is 12.4. The van der Waals surface area contributed by atoms with Crippen molar-refractivity contribution >= 4 is 17.5 Å². The van der Waals surface area contributed by atoms with Gasteiger partial charge >= 0.3 is 0 Å². The first-order valence-electron chi connectivity index (χ1n) is 8.85. The highest BCUT2D eigenvalue weighted by molar-refractivity contribution is 6.31. The number of hydrogen-bond donors (Lipinski definition) is 1. The number of halogens is 1. The van der Waals surface area contributed by atoms with E-state index < -0.39 is 0 Å². The van der Waals surface area contributed by atoms with Gasteiger partial charge in [-0.1, -0.05) is 37.3 Å². The molecular formula is C19H24ClN3O2. The van der Waals surface area contributed by atoms with Crippen molar-refractivity contribution in [1.29, 1.82) is 0 Å². The minimum Gasteiger partial charge on any atom is -0.471 e. The Morgan fingerprint density at radius 3 is 2.76 bits per heavy atom. The summed E-state index contributed by atoms with van der Waals surface area (Å²) in [6, 6.07) is 7.50. The van der Waals surface area contributed by atoms with Gasteiger partial charge in [0.25, 0.3) is 5.91 Å². The van der Waals surface area contributed by atoms with E-state index in [1.54, 1.807) is 23.0 Å². The third-order valence-electron chi connectivity index (χ3n) is 4.56. The molecule has 0 radical (unpaired) electrons. The molecule has 0 spiro atoms. The lowest BCUT2D eigenvalue weighted by molar-refractivity contribution is 0.0926. The first kappa shape index (κ1) is 17.8. The average Bonchev–Trinajstić information content (AvgIpc) is 2.93. The fraction of sp³-hybridized carbons (Fsp3) is 0.474. The summed E-state index contributed by atoms with van der Waals surface area (Å²) in [5.74, 6) is 0.620. The van der Waals surface area contributed by atoms with Gasteiger partial charge in [0.05, 0.1) is 0 Å². The highest BCUT2D eigenvalue weighted by Gasteiger charge is 2.17. The molecule has 6 heteroatoms. The van der Waals surface area contributed by atoms with E-state index in [1.165, 1.54) is 25.7 Å². The van der Waals surface area contributed by atoms with Crippen molar-refractivity contribution in [3.63, 3.8) is 0 Å². The number of aromatic nitrogens is 2. The molecule has 0 unspecified atom stereocenters. The summed E-state index contributed by atoms with van der Waals surface area (Å²) in [5, 5.41) is 8.13. The molecule has 134 valence electrons. The van der Waals surface area contributed by atoms with Gasteiger partial charge in [0.2, 0.25) is 0 Å². The van der Waals surface area contributed by atoms with Gasteiger partial charge in [-0.2, -0.15) is 5.10 Å². The predicted octanol–water partition coefficient (Wildman–Crippen LogP) is 4.33. The van der Waals surface area contributed by atoms with Crippen LogP contribution in [0.5, 0.6) is 5.75 Å². The molecule has 5 nitrogen and oxygen atoms in total. The average molecular weight is 362 g/mol. The van der Waals surface area contributed by atoms with Gasteiger partial charge in [0.15, 0.2) is 6.73 Å². The highest BCUT2D eigenvalue weighted by Crippen LogP contribution is 2.21. The number of carbonyl (C=O) groups is 1. The van der Waals surface area contributed by atoms with Crippen LogP contribution in [0.2, 0.25) is 5.02 Å². The van der Waals surface area contributed by atoms with Gasteiger partial charge in [-0.25, -0.2) is 4.68 Å². The van der Waals surface area contributed by atoms with Crippen LogP contribution in [0.4, 0.5) is 0 Å². The number of nitrogens with zero attached hydrogens (tertiary/aromatic N) is 2. The molecule has 1 aliphatic carbocycles. The molecule has 1 N–H and O–H groups in total. The van der Waals surface area contributed by atoms with E-state index in [1.807, 2.05) is 19.1 Å². The van der Waals surface area contributed by atoms with Crippen molar-refractivity contribution in [1.82, 2.24) is 15.1 Å². The quantitative estimate of drug-likeness (QED) is 0.806. The first-order valence-corrected chi connectivity index (χ1v) is 9.23. The Bertz CT molecular complexity index is 721. The van der Waals surface area contributed by atoms with Crippen molar-refractivity contribution in [2.75, 3.05) is 0 Å². The number of amides is 1. The zero-order chi connectivity index (χ0) is 17.6. The second-order valence-corrected chi connectivity index (χ2v) is 6.99. The Labute approximate surface area is 153 Å². The fourth-order valence-corrected chi connectivity index (χ4v) is 3.20. The molecule has 1 aromatic carbocycles. The SMILES string of the molecule is Cc1cc(OCn2ccc(C(=O)NC3CCCCCC3)n2)ccc1Cl. The summed E-state index contributed by atoms with van der Waals surface area (Å²) in [7, 11) is 0. The van der Waals surface area contributed by atoms with Gasteiger partial charge < -0.3 is 10.1 Å². The maximum atomic E-state index is 12.4. The van der Waals surface area contributed by atoms with Crippen LogP contribution in [0.25, 0.3) is 0 Å². The second kappa shape index (κ2) is 8.39.